The van der Waals surface area contributed by atoms with E-state index in [0.29, 0.717) is 31.2 Å². The monoisotopic (exact) mass is 467 g/mol. The number of amides is 1. The van der Waals surface area contributed by atoms with Crippen LogP contribution in [0.4, 0.5) is 0 Å². The van der Waals surface area contributed by atoms with Crippen LogP contribution in [0.3, 0.4) is 0 Å². The normalized spacial score (nSPS) is 24.7. The summed E-state index contributed by atoms with van der Waals surface area (Å²) in [5, 5.41) is 20.0. The first-order valence-electron chi connectivity index (χ1n) is 12.3. The van der Waals surface area contributed by atoms with E-state index in [1.54, 1.807) is 18.9 Å². The highest BCUT2D eigenvalue weighted by Crippen LogP contribution is 2.47. The standard InChI is InChI=1S/C28H37NO5/c1-20(31)27(2)18-29(26(32)17-30)16-23(27)21-11-12-24(33-3)25(15-21)34-19-28(13-7-8-14-28)22-9-5-4-6-10-22/h4-6,9-12,15,20,23,30-31H,7-8,13-14,16-19H2,1-3H3/t20-,23?,27?/m1/s1. The van der Waals surface area contributed by atoms with Crippen LogP contribution in [-0.4, -0.2) is 60.5 Å². The van der Waals surface area contributed by atoms with E-state index < -0.39 is 18.1 Å². The van der Waals surface area contributed by atoms with Crippen LogP contribution >= 0.6 is 0 Å². The van der Waals surface area contributed by atoms with E-state index >= 15 is 0 Å². The van der Waals surface area contributed by atoms with Crippen molar-refractivity contribution in [1.29, 1.82) is 0 Å². The third-order valence-electron chi connectivity index (χ3n) is 8.21. The summed E-state index contributed by atoms with van der Waals surface area (Å²) >= 11 is 0. The lowest BCUT2D eigenvalue weighted by Gasteiger charge is -2.34. The highest BCUT2D eigenvalue weighted by Gasteiger charge is 2.48. The number of hydrogen-bond donors (Lipinski definition) is 2. The van der Waals surface area contributed by atoms with Crippen LogP contribution < -0.4 is 9.47 Å². The van der Waals surface area contributed by atoms with Gasteiger partial charge in [0.2, 0.25) is 5.91 Å². The number of aliphatic hydroxyl groups excluding tert-OH is 2. The number of carbonyl (C=O) groups excluding carboxylic acids is 1. The third kappa shape index (κ3) is 4.53. The van der Waals surface area contributed by atoms with E-state index in [4.69, 9.17) is 9.47 Å². The van der Waals surface area contributed by atoms with Gasteiger partial charge in [0.05, 0.1) is 19.8 Å². The topological polar surface area (TPSA) is 79.2 Å². The minimum Gasteiger partial charge on any atom is -0.493 e. The second-order valence-corrected chi connectivity index (χ2v) is 10.2. The Balaban J connectivity index is 1.62. The highest BCUT2D eigenvalue weighted by atomic mass is 16.5. The largest absolute Gasteiger partial charge is 0.493 e. The quantitative estimate of drug-likeness (QED) is 0.616. The lowest BCUT2D eigenvalue weighted by atomic mass is 9.72. The molecule has 0 spiro atoms. The van der Waals surface area contributed by atoms with Crippen molar-refractivity contribution in [3.8, 4) is 11.5 Å². The van der Waals surface area contributed by atoms with Gasteiger partial charge in [0.25, 0.3) is 0 Å². The summed E-state index contributed by atoms with van der Waals surface area (Å²) in [7, 11) is 1.64. The molecule has 0 radical (unpaired) electrons. The molecular weight excluding hydrogens is 430 g/mol. The summed E-state index contributed by atoms with van der Waals surface area (Å²) in [6.45, 7) is 4.66. The Morgan fingerprint density at radius 1 is 1.15 bits per heavy atom. The molecule has 2 unspecified atom stereocenters. The first kappa shape index (κ1) is 24.6. The lowest BCUT2D eigenvalue weighted by molar-refractivity contribution is -0.133. The second kappa shape index (κ2) is 9.96. The second-order valence-electron chi connectivity index (χ2n) is 10.2. The number of carbonyl (C=O) groups is 1. The summed E-state index contributed by atoms with van der Waals surface area (Å²) in [6, 6.07) is 16.5. The Bertz CT molecular complexity index is 986. The summed E-state index contributed by atoms with van der Waals surface area (Å²) in [4.78, 5) is 13.9. The molecule has 2 aromatic rings. The van der Waals surface area contributed by atoms with Gasteiger partial charge >= 0.3 is 0 Å². The molecule has 2 aromatic carbocycles. The van der Waals surface area contributed by atoms with Gasteiger partial charge in [-0.3, -0.25) is 4.79 Å². The van der Waals surface area contributed by atoms with Crippen molar-refractivity contribution in [1.82, 2.24) is 4.90 Å². The lowest BCUT2D eigenvalue weighted by Crippen LogP contribution is -2.38. The molecule has 2 aliphatic rings. The molecule has 1 saturated carbocycles. The maximum atomic E-state index is 12.2. The van der Waals surface area contributed by atoms with E-state index in [9.17, 15) is 15.0 Å². The zero-order chi connectivity index (χ0) is 24.3. The van der Waals surface area contributed by atoms with Gasteiger partial charge in [-0.15, -0.1) is 0 Å². The molecule has 0 aromatic heterocycles. The Morgan fingerprint density at radius 3 is 2.47 bits per heavy atom. The Hall–Kier alpha value is -2.57. The van der Waals surface area contributed by atoms with E-state index in [2.05, 4.69) is 24.3 Å². The molecule has 34 heavy (non-hydrogen) atoms. The SMILES string of the molecule is COc1ccc(C2CN(C(=O)CO)CC2(C)[C@@H](C)O)cc1OCC1(c2ccccc2)CCCC1. The van der Waals surface area contributed by atoms with Gasteiger partial charge < -0.3 is 24.6 Å². The molecule has 1 heterocycles. The average Bonchev–Trinajstić information content (AvgIpc) is 3.49. The zero-order valence-corrected chi connectivity index (χ0v) is 20.5. The predicted molar refractivity (Wildman–Crippen MR) is 131 cm³/mol. The number of aliphatic hydroxyl groups is 2. The minimum absolute atomic E-state index is 0.00585. The van der Waals surface area contributed by atoms with Crippen LogP contribution in [-0.2, 0) is 10.2 Å². The zero-order valence-electron chi connectivity index (χ0n) is 20.5. The molecule has 2 N–H and O–H groups in total. The Labute approximate surface area is 202 Å². The maximum Gasteiger partial charge on any atom is 0.248 e. The number of nitrogens with zero attached hydrogens (tertiary/aromatic N) is 1. The van der Waals surface area contributed by atoms with E-state index in [1.165, 1.54) is 18.4 Å². The van der Waals surface area contributed by atoms with Gasteiger partial charge in [-0.2, -0.15) is 0 Å². The summed E-state index contributed by atoms with van der Waals surface area (Å²) in [5.41, 5.74) is 1.77. The number of hydrogen-bond acceptors (Lipinski definition) is 5. The van der Waals surface area contributed by atoms with Gasteiger partial charge in [-0.1, -0.05) is 56.2 Å². The van der Waals surface area contributed by atoms with E-state index in [1.807, 2.05) is 31.2 Å². The molecule has 184 valence electrons. The number of benzene rings is 2. The van der Waals surface area contributed by atoms with Gasteiger partial charge in [-0.05, 0) is 43.0 Å². The number of likely N-dealkylation sites (tertiary alicyclic amines) is 1. The fourth-order valence-corrected chi connectivity index (χ4v) is 5.81. The summed E-state index contributed by atoms with van der Waals surface area (Å²) in [5.74, 6) is 0.947. The van der Waals surface area contributed by atoms with Crippen LogP contribution in [0.5, 0.6) is 11.5 Å². The van der Waals surface area contributed by atoms with Crippen molar-refractivity contribution in [2.24, 2.45) is 5.41 Å². The van der Waals surface area contributed by atoms with Gasteiger partial charge in [0.1, 0.15) is 6.61 Å². The number of rotatable bonds is 8. The van der Waals surface area contributed by atoms with Crippen LogP contribution in [0.15, 0.2) is 48.5 Å². The molecule has 0 bridgehead atoms. The maximum absolute atomic E-state index is 12.2. The number of ether oxygens (including phenoxy) is 2. The molecular formula is C28H37NO5. The van der Waals surface area contributed by atoms with Gasteiger partial charge in [0, 0.05) is 29.8 Å². The first-order chi connectivity index (χ1) is 16.3. The molecule has 1 amide bonds. The molecule has 1 aliphatic heterocycles. The van der Waals surface area contributed by atoms with Crippen molar-refractivity contribution >= 4 is 5.91 Å². The van der Waals surface area contributed by atoms with E-state index in [-0.39, 0.29) is 17.2 Å². The smallest absolute Gasteiger partial charge is 0.248 e. The molecule has 2 fully saturated rings. The van der Waals surface area contributed by atoms with Gasteiger partial charge in [-0.25, -0.2) is 0 Å². The number of methoxy groups -OCH3 is 1. The average molecular weight is 468 g/mol. The molecule has 6 heteroatoms. The molecule has 1 aliphatic carbocycles. The third-order valence-corrected chi connectivity index (χ3v) is 8.21. The Kier molecular flexibility index (Phi) is 7.20. The van der Waals surface area contributed by atoms with E-state index in [0.717, 1.165) is 18.4 Å². The summed E-state index contributed by atoms with van der Waals surface area (Å²) in [6.07, 6.45) is 3.96. The van der Waals surface area contributed by atoms with Crippen molar-refractivity contribution in [3.05, 3.63) is 59.7 Å². The van der Waals surface area contributed by atoms with Crippen molar-refractivity contribution in [2.75, 3.05) is 33.4 Å². The predicted octanol–water partition coefficient (Wildman–Crippen LogP) is 3.89. The van der Waals surface area contributed by atoms with Crippen LogP contribution in [0.1, 0.15) is 56.6 Å². The Morgan fingerprint density at radius 2 is 1.85 bits per heavy atom. The van der Waals surface area contributed by atoms with Crippen molar-refractivity contribution < 1.29 is 24.5 Å². The minimum atomic E-state index is -0.625. The molecule has 3 atom stereocenters. The summed E-state index contributed by atoms with van der Waals surface area (Å²) < 4.78 is 12.1. The molecule has 4 rings (SSSR count). The van der Waals surface area contributed by atoms with Crippen LogP contribution in [0.25, 0.3) is 0 Å². The van der Waals surface area contributed by atoms with Crippen molar-refractivity contribution in [3.63, 3.8) is 0 Å². The van der Waals surface area contributed by atoms with Crippen molar-refractivity contribution in [2.45, 2.75) is 57.0 Å². The first-order valence-corrected chi connectivity index (χ1v) is 12.3. The fourth-order valence-electron chi connectivity index (χ4n) is 5.81. The van der Waals surface area contributed by atoms with Gasteiger partial charge in [0.15, 0.2) is 11.5 Å². The fraction of sp³-hybridized carbons (Fsp3) is 0.536. The highest BCUT2D eigenvalue weighted by molar-refractivity contribution is 5.77. The van der Waals surface area contributed by atoms with Crippen LogP contribution in [0, 0.1) is 5.41 Å². The van der Waals surface area contributed by atoms with Crippen LogP contribution in [0.2, 0.25) is 0 Å². The molecule has 6 nitrogen and oxygen atoms in total. The molecule has 1 saturated heterocycles.